The molecular weight excluding hydrogens is 346 g/mol. The van der Waals surface area contributed by atoms with E-state index in [0.717, 1.165) is 25.7 Å². The van der Waals surface area contributed by atoms with E-state index in [0.29, 0.717) is 25.4 Å². The zero-order valence-corrected chi connectivity index (χ0v) is 15.7. The van der Waals surface area contributed by atoms with Crippen molar-refractivity contribution >= 4 is 11.8 Å². The number of carbonyl (C=O) groups excluding carboxylic acids is 2. The molecule has 2 amide bonds. The van der Waals surface area contributed by atoms with Crippen LogP contribution in [0.1, 0.15) is 61.9 Å². The summed E-state index contributed by atoms with van der Waals surface area (Å²) in [5.74, 6) is -0.0390. The SMILES string of the molecule is NCC(NC(=O)C1CCCCN1C(=O)c1ccc(=O)[nH]n1)C1CCCCC1. The molecule has 1 saturated carbocycles. The molecule has 148 valence electrons. The number of piperidine rings is 1. The molecule has 2 fully saturated rings. The van der Waals surface area contributed by atoms with Crippen molar-refractivity contribution < 1.29 is 9.59 Å². The Morgan fingerprint density at radius 2 is 1.93 bits per heavy atom. The van der Waals surface area contributed by atoms with Crippen LogP contribution in [0.4, 0.5) is 0 Å². The Labute approximate surface area is 158 Å². The van der Waals surface area contributed by atoms with E-state index >= 15 is 0 Å². The number of nitrogens with zero attached hydrogens (tertiary/aromatic N) is 2. The van der Waals surface area contributed by atoms with E-state index in [1.807, 2.05) is 0 Å². The Morgan fingerprint density at radius 1 is 1.19 bits per heavy atom. The first-order valence-corrected chi connectivity index (χ1v) is 9.97. The Morgan fingerprint density at radius 3 is 2.59 bits per heavy atom. The van der Waals surface area contributed by atoms with Crippen molar-refractivity contribution in [1.82, 2.24) is 20.4 Å². The molecule has 8 nitrogen and oxygen atoms in total. The van der Waals surface area contributed by atoms with Crippen LogP contribution in [0, 0.1) is 5.92 Å². The van der Waals surface area contributed by atoms with Gasteiger partial charge in [-0.2, -0.15) is 5.10 Å². The van der Waals surface area contributed by atoms with Gasteiger partial charge in [-0.25, -0.2) is 5.10 Å². The number of H-pyrrole nitrogens is 1. The van der Waals surface area contributed by atoms with Gasteiger partial charge >= 0.3 is 0 Å². The minimum Gasteiger partial charge on any atom is -0.350 e. The van der Waals surface area contributed by atoms with Crippen molar-refractivity contribution in [2.75, 3.05) is 13.1 Å². The van der Waals surface area contributed by atoms with E-state index in [1.165, 1.54) is 31.4 Å². The summed E-state index contributed by atoms with van der Waals surface area (Å²) >= 11 is 0. The predicted octanol–water partition coefficient (Wildman–Crippen LogP) is 0.788. The van der Waals surface area contributed by atoms with E-state index in [4.69, 9.17) is 5.73 Å². The molecule has 0 bridgehead atoms. The van der Waals surface area contributed by atoms with Gasteiger partial charge in [-0.05, 0) is 44.1 Å². The molecule has 0 spiro atoms. The Bertz CT molecular complexity index is 693. The van der Waals surface area contributed by atoms with Crippen LogP contribution in [0.25, 0.3) is 0 Å². The number of hydrogen-bond donors (Lipinski definition) is 3. The van der Waals surface area contributed by atoms with Gasteiger partial charge in [0.15, 0.2) is 0 Å². The van der Waals surface area contributed by atoms with Crippen molar-refractivity contribution in [1.29, 1.82) is 0 Å². The topological polar surface area (TPSA) is 121 Å². The first kappa shape index (κ1) is 19.5. The fraction of sp³-hybridized carbons (Fsp3) is 0.684. The monoisotopic (exact) mass is 375 g/mol. The standard InChI is InChI=1S/C19H29N5O3/c20-12-15(13-6-2-1-3-7-13)21-18(26)16-8-4-5-11-24(16)19(27)14-9-10-17(25)23-22-14/h9-10,13,15-16H,1-8,11-12,20H2,(H,21,26)(H,23,25). The summed E-state index contributed by atoms with van der Waals surface area (Å²) < 4.78 is 0. The molecule has 8 heteroatoms. The van der Waals surface area contributed by atoms with Crippen molar-refractivity contribution in [2.24, 2.45) is 11.7 Å². The maximum atomic E-state index is 13.0. The molecule has 27 heavy (non-hydrogen) atoms. The lowest BCUT2D eigenvalue weighted by molar-refractivity contribution is -0.127. The largest absolute Gasteiger partial charge is 0.350 e. The Hall–Kier alpha value is -2.22. The summed E-state index contributed by atoms with van der Waals surface area (Å²) in [6, 6.07) is 2.11. The van der Waals surface area contributed by atoms with Crippen LogP contribution in [0.3, 0.4) is 0 Å². The molecule has 1 aromatic rings. The third-order valence-corrected chi connectivity index (χ3v) is 5.77. The fourth-order valence-electron chi connectivity index (χ4n) is 4.24. The average Bonchev–Trinajstić information content (AvgIpc) is 2.72. The zero-order chi connectivity index (χ0) is 19.2. The Kier molecular flexibility index (Phi) is 6.60. The summed E-state index contributed by atoms with van der Waals surface area (Å²) in [6.07, 6.45) is 8.18. The summed E-state index contributed by atoms with van der Waals surface area (Å²) in [7, 11) is 0. The minimum atomic E-state index is -0.516. The van der Waals surface area contributed by atoms with Gasteiger partial charge in [0, 0.05) is 25.2 Å². The van der Waals surface area contributed by atoms with Gasteiger partial charge < -0.3 is 16.0 Å². The summed E-state index contributed by atoms with van der Waals surface area (Å²) in [5.41, 5.74) is 5.73. The van der Waals surface area contributed by atoms with Crippen LogP contribution in [-0.4, -0.2) is 52.1 Å². The quantitative estimate of drug-likeness (QED) is 0.702. The molecule has 1 aliphatic heterocycles. The number of nitrogens with two attached hydrogens (primary N) is 1. The van der Waals surface area contributed by atoms with Gasteiger partial charge in [0.2, 0.25) is 5.91 Å². The lowest BCUT2D eigenvalue weighted by Gasteiger charge is -2.37. The highest BCUT2D eigenvalue weighted by Crippen LogP contribution is 2.27. The highest BCUT2D eigenvalue weighted by molar-refractivity contribution is 5.96. The van der Waals surface area contributed by atoms with E-state index in [9.17, 15) is 14.4 Å². The molecule has 0 aromatic carbocycles. The number of carbonyl (C=O) groups is 2. The molecule has 2 aliphatic rings. The van der Waals surface area contributed by atoms with E-state index in [2.05, 4.69) is 15.5 Å². The second-order valence-electron chi connectivity index (χ2n) is 7.57. The lowest BCUT2D eigenvalue weighted by atomic mass is 9.83. The van der Waals surface area contributed by atoms with Gasteiger partial charge in [0.25, 0.3) is 11.5 Å². The fourth-order valence-corrected chi connectivity index (χ4v) is 4.24. The second kappa shape index (κ2) is 9.12. The number of amides is 2. The van der Waals surface area contributed by atoms with Crippen LogP contribution in [0.15, 0.2) is 16.9 Å². The third kappa shape index (κ3) is 4.74. The molecule has 4 N–H and O–H groups in total. The van der Waals surface area contributed by atoms with Crippen molar-refractivity contribution in [3.63, 3.8) is 0 Å². The van der Waals surface area contributed by atoms with E-state index in [-0.39, 0.29) is 29.1 Å². The number of aromatic amines is 1. The van der Waals surface area contributed by atoms with Gasteiger partial charge in [-0.3, -0.25) is 14.4 Å². The molecule has 2 unspecified atom stereocenters. The highest BCUT2D eigenvalue weighted by Gasteiger charge is 2.35. The van der Waals surface area contributed by atoms with Gasteiger partial charge in [0.1, 0.15) is 11.7 Å². The first-order chi connectivity index (χ1) is 13.1. The van der Waals surface area contributed by atoms with Crippen molar-refractivity contribution in [3.8, 4) is 0 Å². The maximum Gasteiger partial charge on any atom is 0.274 e. The third-order valence-electron chi connectivity index (χ3n) is 5.77. The van der Waals surface area contributed by atoms with Crippen LogP contribution in [0.5, 0.6) is 0 Å². The van der Waals surface area contributed by atoms with Gasteiger partial charge in [0.05, 0.1) is 0 Å². The number of nitrogens with one attached hydrogen (secondary N) is 2. The zero-order valence-electron chi connectivity index (χ0n) is 15.7. The predicted molar refractivity (Wildman–Crippen MR) is 101 cm³/mol. The summed E-state index contributed by atoms with van der Waals surface area (Å²) in [6.45, 7) is 0.924. The number of hydrogen-bond acceptors (Lipinski definition) is 5. The molecule has 1 aliphatic carbocycles. The highest BCUT2D eigenvalue weighted by atomic mass is 16.2. The lowest BCUT2D eigenvalue weighted by Crippen LogP contribution is -2.56. The molecular formula is C19H29N5O3. The first-order valence-electron chi connectivity index (χ1n) is 9.97. The van der Waals surface area contributed by atoms with Crippen LogP contribution < -0.4 is 16.6 Å². The summed E-state index contributed by atoms with van der Waals surface area (Å²) in [5, 5.41) is 9.21. The molecule has 1 saturated heterocycles. The minimum absolute atomic E-state index is 0.0390. The number of rotatable bonds is 5. The van der Waals surface area contributed by atoms with Gasteiger partial charge in [-0.1, -0.05) is 19.3 Å². The number of likely N-dealkylation sites (tertiary alicyclic amines) is 1. The van der Waals surface area contributed by atoms with E-state index < -0.39 is 6.04 Å². The van der Waals surface area contributed by atoms with Crippen LogP contribution >= 0.6 is 0 Å². The number of aromatic nitrogens is 2. The van der Waals surface area contributed by atoms with Crippen LogP contribution in [-0.2, 0) is 4.79 Å². The average molecular weight is 375 g/mol. The van der Waals surface area contributed by atoms with Crippen LogP contribution in [0.2, 0.25) is 0 Å². The maximum absolute atomic E-state index is 13.0. The van der Waals surface area contributed by atoms with Crippen molar-refractivity contribution in [3.05, 3.63) is 28.2 Å². The summed E-state index contributed by atoms with van der Waals surface area (Å²) in [4.78, 5) is 38.5. The Balaban J connectivity index is 1.69. The normalized spacial score (nSPS) is 22.3. The molecule has 2 atom stereocenters. The molecule has 3 rings (SSSR count). The molecule has 0 radical (unpaired) electrons. The molecule has 1 aromatic heterocycles. The smallest absolute Gasteiger partial charge is 0.274 e. The van der Waals surface area contributed by atoms with Gasteiger partial charge in [-0.15, -0.1) is 0 Å². The van der Waals surface area contributed by atoms with E-state index in [1.54, 1.807) is 4.90 Å². The van der Waals surface area contributed by atoms with Crippen molar-refractivity contribution in [2.45, 2.75) is 63.5 Å². The molecule has 2 heterocycles. The second-order valence-corrected chi connectivity index (χ2v) is 7.57.